The van der Waals surface area contributed by atoms with Crippen LogP contribution in [0, 0.1) is 0 Å². The van der Waals surface area contributed by atoms with Crippen molar-refractivity contribution in [3.05, 3.63) is 0 Å². The van der Waals surface area contributed by atoms with Crippen LogP contribution in [0.1, 0.15) is 33.1 Å². The molecule has 1 atom stereocenters. The largest absolute Gasteiger partial charge is 0.396 e. The van der Waals surface area contributed by atoms with Crippen LogP contribution in [0.25, 0.3) is 0 Å². The average molecular weight is 175 g/mol. The van der Waals surface area contributed by atoms with Gasteiger partial charge in [0.1, 0.15) is 0 Å². The Bertz CT molecular complexity index is 94.5. The highest BCUT2D eigenvalue weighted by atomic mass is 16.3. The van der Waals surface area contributed by atoms with Crippen molar-refractivity contribution < 1.29 is 10.2 Å². The molecule has 0 saturated heterocycles. The van der Waals surface area contributed by atoms with Gasteiger partial charge in [0.2, 0.25) is 0 Å². The van der Waals surface area contributed by atoms with Crippen molar-refractivity contribution in [3.63, 3.8) is 0 Å². The van der Waals surface area contributed by atoms with Gasteiger partial charge in [0.05, 0.1) is 6.10 Å². The van der Waals surface area contributed by atoms with E-state index in [-0.39, 0.29) is 6.61 Å². The highest BCUT2D eigenvalue weighted by Gasteiger charge is 2.06. The van der Waals surface area contributed by atoms with Crippen LogP contribution in [0.5, 0.6) is 0 Å². The van der Waals surface area contributed by atoms with Crippen LogP contribution in [-0.2, 0) is 0 Å². The third-order valence-electron chi connectivity index (χ3n) is 2.09. The minimum Gasteiger partial charge on any atom is -0.396 e. The van der Waals surface area contributed by atoms with E-state index in [4.69, 9.17) is 5.11 Å². The lowest BCUT2D eigenvalue weighted by Crippen LogP contribution is -2.35. The van der Waals surface area contributed by atoms with Gasteiger partial charge < -0.3 is 15.5 Å². The summed E-state index contributed by atoms with van der Waals surface area (Å²) in [5.74, 6) is 0. The van der Waals surface area contributed by atoms with Gasteiger partial charge in [-0.15, -0.1) is 0 Å². The monoisotopic (exact) mass is 175 g/mol. The lowest BCUT2D eigenvalue weighted by Gasteiger charge is -2.17. The van der Waals surface area contributed by atoms with Gasteiger partial charge >= 0.3 is 0 Å². The molecular weight excluding hydrogens is 154 g/mol. The first kappa shape index (κ1) is 11.9. The molecule has 0 aromatic rings. The van der Waals surface area contributed by atoms with Crippen LogP contribution >= 0.6 is 0 Å². The molecule has 3 nitrogen and oxygen atoms in total. The molecule has 0 spiro atoms. The summed E-state index contributed by atoms with van der Waals surface area (Å²) in [6.45, 7) is 4.90. The second kappa shape index (κ2) is 7.53. The van der Waals surface area contributed by atoms with Crippen molar-refractivity contribution in [2.45, 2.75) is 45.3 Å². The first-order valence-corrected chi connectivity index (χ1v) is 4.76. The van der Waals surface area contributed by atoms with Gasteiger partial charge in [-0.05, 0) is 19.3 Å². The molecule has 0 unspecified atom stereocenters. The molecule has 0 amide bonds. The molecule has 0 rings (SSSR count). The molecule has 0 aliphatic heterocycles. The fourth-order valence-corrected chi connectivity index (χ4v) is 1.13. The van der Waals surface area contributed by atoms with Gasteiger partial charge in [-0.2, -0.15) is 0 Å². The average Bonchev–Trinajstić information content (AvgIpc) is 2.07. The summed E-state index contributed by atoms with van der Waals surface area (Å²) in [6.07, 6.45) is 2.23. The Kier molecular flexibility index (Phi) is 7.45. The van der Waals surface area contributed by atoms with Crippen LogP contribution in [0.3, 0.4) is 0 Å². The minimum atomic E-state index is -0.407. The molecule has 0 bridgehead atoms. The topological polar surface area (TPSA) is 52.5 Å². The zero-order chi connectivity index (χ0) is 9.40. The van der Waals surface area contributed by atoms with E-state index in [0.717, 1.165) is 12.8 Å². The molecule has 0 saturated carbocycles. The predicted octanol–water partition coefficient (Wildman–Crippen LogP) is 0.508. The van der Waals surface area contributed by atoms with Crippen molar-refractivity contribution in [2.75, 3.05) is 13.2 Å². The predicted molar refractivity (Wildman–Crippen MR) is 50.1 cm³/mol. The van der Waals surface area contributed by atoms with E-state index in [1.807, 2.05) is 0 Å². The van der Waals surface area contributed by atoms with Crippen molar-refractivity contribution in [1.29, 1.82) is 0 Å². The zero-order valence-corrected chi connectivity index (χ0v) is 8.08. The molecule has 3 heteroatoms. The lowest BCUT2D eigenvalue weighted by atomic mass is 10.1. The summed E-state index contributed by atoms with van der Waals surface area (Å²) >= 11 is 0. The molecule has 0 aliphatic rings. The molecule has 0 aliphatic carbocycles. The molecule has 0 heterocycles. The Balaban J connectivity index is 3.37. The Morgan fingerprint density at radius 2 is 1.83 bits per heavy atom. The van der Waals surface area contributed by atoms with E-state index in [1.54, 1.807) is 0 Å². The second-order valence-electron chi connectivity index (χ2n) is 3.09. The Hall–Kier alpha value is -0.120. The van der Waals surface area contributed by atoms with E-state index >= 15 is 0 Å². The third kappa shape index (κ3) is 5.52. The molecule has 12 heavy (non-hydrogen) atoms. The zero-order valence-electron chi connectivity index (χ0n) is 8.08. The number of hydrogen-bond donors (Lipinski definition) is 3. The third-order valence-corrected chi connectivity index (χ3v) is 2.09. The van der Waals surface area contributed by atoms with Crippen molar-refractivity contribution in [2.24, 2.45) is 0 Å². The van der Waals surface area contributed by atoms with Crippen LogP contribution in [0.15, 0.2) is 0 Å². The minimum absolute atomic E-state index is 0.0613. The summed E-state index contributed by atoms with van der Waals surface area (Å²) in [5.41, 5.74) is 0. The Morgan fingerprint density at radius 3 is 2.25 bits per heavy atom. The van der Waals surface area contributed by atoms with Crippen molar-refractivity contribution in [3.8, 4) is 0 Å². The number of nitrogens with one attached hydrogen (secondary N) is 1. The first-order chi connectivity index (χ1) is 5.74. The Morgan fingerprint density at radius 1 is 1.25 bits per heavy atom. The van der Waals surface area contributed by atoms with E-state index in [9.17, 15) is 5.11 Å². The molecule has 3 N–H and O–H groups in total. The smallest absolute Gasteiger partial charge is 0.0686 e. The van der Waals surface area contributed by atoms with Crippen molar-refractivity contribution >= 4 is 0 Å². The van der Waals surface area contributed by atoms with Crippen LogP contribution in [0.2, 0.25) is 0 Å². The molecule has 0 radical (unpaired) electrons. The second-order valence-corrected chi connectivity index (χ2v) is 3.09. The first-order valence-electron chi connectivity index (χ1n) is 4.76. The highest BCUT2D eigenvalue weighted by Crippen LogP contribution is 1.97. The van der Waals surface area contributed by atoms with Crippen LogP contribution in [-0.4, -0.2) is 35.5 Å². The SMILES string of the molecule is CCC(CC)NC[C@@H](O)CCO. The van der Waals surface area contributed by atoms with Crippen LogP contribution < -0.4 is 5.32 Å². The summed E-state index contributed by atoms with van der Waals surface area (Å²) in [6, 6.07) is 0.498. The maximum atomic E-state index is 9.27. The lowest BCUT2D eigenvalue weighted by molar-refractivity contribution is 0.127. The van der Waals surface area contributed by atoms with Gasteiger partial charge in [-0.1, -0.05) is 13.8 Å². The van der Waals surface area contributed by atoms with E-state index in [0.29, 0.717) is 19.0 Å². The number of aliphatic hydroxyl groups excluding tert-OH is 2. The summed E-state index contributed by atoms with van der Waals surface area (Å²) in [5, 5.41) is 21.0. The fourth-order valence-electron chi connectivity index (χ4n) is 1.13. The molecule has 0 fully saturated rings. The number of aliphatic hydroxyl groups is 2. The number of hydrogen-bond acceptors (Lipinski definition) is 3. The molecule has 0 aromatic heterocycles. The number of rotatable bonds is 7. The highest BCUT2D eigenvalue weighted by molar-refractivity contribution is 4.66. The maximum absolute atomic E-state index is 9.27. The molecule has 0 aromatic carbocycles. The van der Waals surface area contributed by atoms with Gasteiger partial charge in [-0.3, -0.25) is 0 Å². The normalized spacial score (nSPS) is 13.8. The fraction of sp³-hybridized carbons (Fsp3) is 1.00. The summed E-state index contributed by atoms with van der Waals surface area (Å²) in [7, 11) is 0. The van der Waals surface area contributed by atoms with E-state index in [2.05, 4.69) is 19.2 Å². The van der Waals surface area contributed by atoms with Gasteiger partial charge in [0.15, 0.2) is 0 Å². The van der Waals surface area contributed by atoms with E-state index < -0.39 is 6.10 Å². The van der Waals surface area contributed by atoms with Gasteiger partial charge in [0.25, 0.3) is 0 Å². The van der Waals surface area contributed by atoms with Gasteiger partial charge in [-0.25, -0.2) is 0 Å². The summed E-state index contributed by atoms with van der Waals surface area (Å²) in [4.78, 5) is 0. The molecular formula is C9H21NO2. The van der Waals surface area contributed by atoms with Crippen LogP contribution in [0.4, 0.5) is 0 Å². The molecule has 74 valence electrons. The Labute approximate surface area is 74.8 Å². The quantitative estimate of drug-likeness (QED) is 0.528. The van der Waals surface area contributed by atoms with Crippen molar-refractivity contribution in [1.82, 2.24) is 5.32 Å². The maximum Gasteiger partial charge on any atom is 0.0686 e. The standard InChI is InChI=1S/C9H21NO2/c1-3-8(4-2)10-7-9(12)5-6-11/h8-12H,3-7H2,1-2H3/t9-/m0/s1. The van der Waals surface area contributed by atoms with Gasteiger partial charge in [0, 0.05) is 19.2 Å². The summed E-state index contributed by atoms with van der Waals surface area (Å²) < 4.78 is 0. The van der Waals surface area contributed by atoms with E-state index in [1.165, 1.54) is 0 Å².